The number of anilines is 1. The van der Waals surface area contributed by atoms with Crippen molar-refractivity contribution in [2.45, 2.75) is 6.54 Å². The van der Waals surface area contributed by atoms with Gasteiger partial charge in [0.15, 0.2) is 5.13 Å². The van der Waals surface area contributed by atoms with E-state index < -0.39 is 0 Å². The Hall–Kier alpha value is -2.61. The Kier molecular flexibility index (Phi) is 3.69. The van der Waals surface area contributed by atoms with Gasteiger partial charge in [-0.3, -0.25) is 4.79 Å². The Balaban J connectivity index is 1.67. The third kappa shape index (κ3) is 3.29. The fourth-order valence-electron chi connectivity index (χ4n) is 1.72. The van der Waals surface area contributed by atoms with Crippen LogP contribution in [0.2, 0.25) is 0 Å². The molecule has 0 fully saturated rings. The Morgan fingerprint density at radius 1 is 1.33 bits per heavy atom. The molecule has 0 atom stereocenters. The van der Waals surface area contributed by atoms with Crippen LogP contribution < -0.4 is 5.32 Å². The van der Waals surface area contributed by atoms with Crippen LogP contribution in [0.3, 0.4) is 0 Å². The molecule has 0 bridgehead atoms. The molecule has 3 aromatic rings. The molecule has 6 nitrogen and oxygen atoms in total. The molecular formula is C13H10FN5OS. The van der Waals surface area contributed by atoms with Crippen LogP contribution in [0.4, 0.5) is 9.52 Å². The van der Waals surface area contributed by atoms with Gasteiger partial charge in [-0.25, -0.2) is 14.1 Å². The maximum atomic E-state index is 12.9. The van der Waals surface area contributed by atoms with Gasteiger partial charge in [-0.2, -0.15) is 0 Å². The van der Waals surface area contributed by atoms with Gasteiger partial charge in [0, 0.05) is 17.1 Å². The first-order valence-electron chi connectivity index (χ1n) is 6.06. The summed E-state index contributed by atoms with van der Waals surface area (Å²) in [4.78, 5) is 15.8. The Morgan fingerprint density at radius 2 is 2.14 bits per heavy atom. The van der Waals surface area contributed by atoms with Crippen molar-refractivity contribution < 1.29 is 9.18 Å². The van der Waals surface area contributed by atoms with E-state index in [1.165, 1.54) is 28.2 Å². The monoisotopic (exact) mass is 303 g/mol. The number of nitrogens with one attached hydrogen (secondary N) is 1. The number of amides is 1. The maximum absolute atomic E-state index is 12.9. The SMILES string of the molecule is O=C(Cn1cc(-c2ccc(F)cc2)nn1)Nc1nccs1. The molecule has 1 N–H and O–H groups in total. The van der Waals surface area contributed by atoms with Crippen molar-refractivity contribution in [1.29, 1.82) is 0 Å². The number of halogens is 1. The number of hydrogen-bond donors (Lipinski definition) is 1. The molecule has 21 heavy (non-hydrogen) atoms. The molecule has 1 amide bonds. The van der Waals surface area contributed by atoms with E-state index in [1.807, 2.05) is 0 Å². The van der Waals surface area contributed by atoms with Crippen LogP contribution in [0.1, 0.15) is 0 Å². The molecule has 2 aromatic heterocycles. The van der Waals surface area contributed by atoms with Gasteiger partial charge in [0.25, 0.3) is 0 Å². The molecular weight excluding hydrogens is 293 g/mol. The van der Waals surface area contributed by atoms with Crippen molar-refractivity contribution in [3.05, 3.63) is 47.9 Å². The van der Waals surface area contributed by atoms with Gasteiger partial charge < -0.3 is 5.32 Å². The molecule has 0 saturated carbocycles. The van der Waals surface area contributed by atoms with Crippen LogP contribution >= 0.6 is 11.3 Å². The van der Waals surface area contributed by atoms with Crippen LogP contribution in [-0.2, 0) is 11.3 Å². The first-order chi connectivity index (χ1) is 10.2. The third-order valence-corrected chi connectivity index (χ3v) is 3.35. The fourth-order valence-corrected chi connectivity index (χ4v) is 2.26. The minimum atomic E-state index is -0.311. The molecule has 0 unspecified atom stereocenters. The topological polar surface area (TPSA) is 72.7 Å². The van der Waals surface area contributed by atoms with Crippen molar-refractivity contribution >= 4 is 22.4 Å². The first-order valence-corrected chi connectivity index (χ1v) is 6.94. The molecule has 2 heterocycles. The lowest BCUT2D eigenvalue weighted by Crippen LogP contribution is -2.18. The second kappa shape index (κ2) is 5.80. The van der Waals surface area contributed by atoms with Gasteiger partial charge in [-0.1, -0.05) is 5.21 Å². The first kappa shape index (κ1) is 13.4. The highest BCUT2D eigenvalue weighted by molar-refractivity contribution is 7.13. The predicted molar refractivity (Wildman–Crippen MR) is 76.2 cm³/mol. The van der Waals surface area contributed by atoms with Crippen molar-refractivity contribution in [2.24, 2.45) is 0 Å². The van der Waals surface area contributed by atoms with E-state index in [2.05, 4.69) is 20.6 Å². The normalized spacial score (nSPS) is 10.5. The maximum Gasteiger partial charge on any atom is 0.247 e. The Labute approximate surface area is 123 Å². The molecule has 106 valence electrons. The largest absolute Gasteiger partial charge is 0.300 e. The minimum absolute atomic E-state index is 0.0355. The highest BCUT2D eigenvalue weighted by Crippen LogP contribution is 2.16. The molecule has 3 rings (SSSR count). The molecule has 1 aromatic carbocycles. The van der Waals surface area contributed by atoms with E-state index in [0.29, 0.717) is 10.8 Å². The lowest BCUT2D eigenvalue weighted by Gasteiger charge is -2.00. The Morgan fingerprint density at radius 3 is 2.86 bits per heavy atom. The average Bonchev–Trinajstić information content (AvgIpc) is 3.11. The van der Waals surface area contributed by atoms with Gasteiger partial charge >= 0.3 is 0 Å². The predicted octanol–water partition coefficient (Wildman–Crippen LogP) is 2.18. The smallest absolute Gasteiger partial charge is 0.247 e. The summed E-state index contributed by atoms with van der Waals surface area (Å²) in [5.74, 6) is -0.547. The Bertz CT molecular complexity index is 738. The van der Waals surface area contributed by atoms with Gasteiger partial charge in [0.2, 0.25) is 5.91 Å². The summed E-state index contributed by atoms with van der Waals surface area (Å²) in [7, 11) is 0. The molecule has 0 spiro atoms. The summed E-state index contributed by atoms with van der Waals surface area (Å²) in [6.45, 7) is 0.0355. The van der Waals surface area contributed by atoms with Gasteiger partial charge in [-0.05, 0) is 24.3 Å². The highest BCUT2D eigenvalue weighted by atomic mass is 32.1. The molecule has 0 saturated heterocycles. The average molecular weight is 303 g/mol. The molecule has 0 aliphatic carbocycles. The quantitative estimate of drug-likeness (QED) is 0.802. The second-order valence-electron chi connectivity index (χ2n) is 4.19. The van der Waals surface area contributed by atoms with Crippen LogP contribution in [0, 0.1) is 5.82 Å². The van der Waals surface area contributed by atoms with E-state index in [0.717, 1.165) is 5.56 Å². The number of carbonyl (C=O) groups excluding carboxylic acids is 1. The third-order valence-electron chi connectivity index (χ3n) is 2.66. The molecule has 0 radical (unpaired) electrons. The van der Waals surface area contributed by atoms with Crippen LogP contribution in [-0.4, -0.2) is 25.9 Å². The van der Waals surface area contributed by atoms with Crippen molar-refractivity contribution in [3.8, 4) is 11.3 Å². The van der Waals surface area contributed by atoms with Gasteiger partial charge in [-0.15, -0.1) is 16.4 Å². The zero-order valence-electron chi connectivity index (χ0n) is 10.7. The molecule has 0 aliphatic heterocycles. The summed E-state index contributed by atoms with van der Waals surface area (Å²) in [6, 6.07) is 5.92. The lowest BCUT2D eigenvalue weighted by atomic mass is 10.2. The highest BCUT2D eigenvalue weighted by Gasteiger charge is 2.09. The van der Waals surface area contributed by atoms with Crippen molar-refractivity contribution in [2.75, 3.05) is 5.32 Å². The number of nitrogens with zero attached hydrogens (tertiary/aromatic N) is 4. The zero-order chi connectivity index (χ0) is 14.7. The second-order valence-corrected chi connectivity index (χ2v) is 5.09. The van der Waals surface area contributed by atoms with Crippen LogP contribution in [0.25, 0.3) is 11.3 Å². The van der Waals surface area contributed by atoms with Gasteiger partial charge in [0.05, 0.1) is 6.20 Å². The summed E-state index contributed by atoms with van der Waals surface area (Å²) in [5.41, 5.74) is 1.32. The number of thiazole rings is 1. The van der Waals surface area contributed by atoms with Gasteiger partial charge in [0.1, 0.15) is 18.1 Å². The lowest BCUT2D eigenvalue weighted by molar-refractivity contribution is -0.116. The number of aromatic nitrogens is 4. The van der Waals surface area contributed by atoms with Crippen LogP contribution in [0.15, 0.2) is 42.0 Å². The van der Waals surface area contributed by atoms with E-state index in [9.17, 15) is 9.18 Å². The summed E-state index contributed by atoms with van der Waals surface area (Å²) < 4.78 is 14.3. The minimum Gasteiger partial charge on any atom is -0.300 e. The van der Waals surface area contributed by atoms with Crippen LogP contribution in [0.5, 0.6) is 0 Å². The molecule has 8 heteroatoms. The van der Waals surface area contributed by atoms with Crippen molar-refractivity contribution in [3.63, 3.8) is 0 Å². The van der Waals surface area contributed by atoms with E-state index in [1.54, 1.807) is 29.9 Å². The molecule has 0 aliphatic rings. The number of carbonyl (C=O) groups is 1. The fraction of sp³-hybridized carbons (Fsp3) is 0.0769. The van der Waals surface area contributed by atoms with E-state index >= 15 is 0 Å². The number of benzene rings is 1. The standard InChI is InChI=1S/C13H10FN5OS/c14-10-3-1-9(2-4-10)11-7-19(18-17-11)8-12(20)16-13-15-5-6-21-13/h1-7H,8H2,(H,15,16,20). The summed E-state index contributed by atoms with van der Waals surface area (Å²) >= 11 is 1.34. The zero-order valence-corrected chi connectivity index (χ0v) is 11.5. The van der Waals surface area contributed by atoms with Crippen molar-refractivity contribution in [1.82, 2.24) is 20.0 Å². The van der Waals surface area contributed by atoms with E-state index in [-0.39, 0.29) is 18.3 Å². The van der Waals surface area contributed by atoms with E-state index in [4.69, 9.17) is 0 Å². The number of rotatable bonds is 4. The summed E-state index contributed by atoms with van der Waals surface area (Å²) in [5, 5.41) is 12.8. The number of hydrogen-bond acceptors (Lipinski definition) is 5. The summed E-state index contributed by atoms with van der Waals surface area (Å²) in [6.07, 6.45) is 3.25.